The lowest BCUT2D eigenvalue weighted by Crippen LogP contribution is -2.55. The number of rotatable bonds is 12. The highest BCUT2D eigenvalue weighted by molar-refractivity contribution is 5.94. The molecule has 0 aliphatic heterocycles. The van der Waals surface area contributed by atoms with Gasteiger partial charge in [0.1, 0.15) is 12.1 Å². The van der Waals surface area contributed by atoms with Gasteiger partial charge < -0.3 is 37.5 Å². The summed E-state index contributed by atoms with van der Waals surface area (Å²) in [6.45, 7) is 3.09. The summed E-state index contributed by atoms with van der Waals surface area (Å²) in [5.41, 5.74) is 12.3. The highest BCUT2D eigenvalue weighted by Gasteiger charge is 2.29. The van der Waals surface area contributed by atoms with E-state index in [-0.39, 0.29) is 12.3 Å². The quantitative estimate of drug-likeness (QED) is 0.198. The predicted octanol–water partition coefficient (Wildman–Crippen LogP) is -1.26. The number of aromatic amines is 1. The third-order valence-corrected chi connectivity index (χ3v) is 5.21. The molecule has 4 amide bonds. The van der Waals surface area contributed by atoms with Crippen LogP contribution in [0.5, 0.6) is 0 Å². The Labute approximate surface area is 195 Å². The molecular formula is C22H30N6O6. The number of aromatic nitrogens is 1. The number of nitrogens with two attached hydrogens (primary N) is 2. The van der Waals surface area contributed by atoms with Gasteiger partial charge in [0.15, 0.2) is 0 Å². The number of hydrogen-bond donors (Lipinski definition) is 7. The molecule has 3 unspecified atom stereocenters. The molecule has 0 fully saturated rings. The van der Waals surface area contributed by atoms with Crippen LogP contribution < -0.4 is 27.4 Å². The Morgan fingerprint density at radius 3 is 2.32 bits per heavy atom. The second-order valence-electron chi connectivity index (χ2n) is 8.24. The first-order valence-corrected chi connectivity index (χ1v) is 10.7. The number of H-pyrrole nitrogens is 1. The van der Waals surface area contributed by atoms with E-state index in [1.165, 1.54) is 0 Å². The van der Waals surface area contributed by atoms with Crippen molar-refractivity contribution < 1.29 is 29.1 Å². The summed E-state index contributed by atoms with van der Waals surface area (Å²) in [6, 6.07) is 3.76. The van der Waals surface area contributed by atoms with Crippen LogP contribution in [0.2, 0.25) is 0 Å². The summed E-state index contributed by atoms with van der Waals surface area (Å²) in [5, 5.41) is 17.3. The fourth-order valence-corrected chi connectivity index (χ4v) is 3.24. The molecule has 0 aliphatic rings. The molecule has 1 aromatic carbocycles. The minimum Gasteiger partial charge on any atom is -0.480 e. The molecule has 0 aliphatic carbocycles. The van der Waals surface area contributed by atoms with E-state index < -0.39 is 60.7 Å². The Balaban J connectivity index is 2.18. The first-order valence-electron chi connectivity index (χ1n) is 10.7. The number of carboxylic acid groups (broad SMARTS) is 1. The lowest BCUT2D eigenvalue weighted by Gasteiger charge is -2.21. The topological polar surface area (TPSA) is 209 Å². The Bertz CT molecular complexity index is 1070. The Morgan fingerprint density at radius 2 is 1.71 bits per heavy atom. The summed E-state index contributed by atoms with van der Waals surface area (Å²) in [6.07, 6.45) is 1.08. The molecule has 1 aromatic heterocycles. The summed E-state index contributed by atoms with van der Waals surface area (Å²) in [4.78, 5) is 63.1. The molecule has 9 N–H and O–H groups in total. The molecule has 1 heterocycles. The van der Waals surface area contributed by atoms with Gasteiger partial charge >= 0.3 is 5.97 Å². The maximum Gasteiger partial charge on any atom is 0.326 e. The van der Waals surface area contributed by atoms with E-state index in [0.717, 1.165) is 10.9 Å². The second kappa shape index (κ2) is 11.8. The van der Waals surface area contributed by atoms with Crippen molar-refractivity contribution in [1.82, 2.24) is 20.9 Å². The summed E-state index contributed by atoms with van der Waals surface area (Å²) >= 11 is 0. The molecule has 184 valence electrons. The van der Waals surface area contributed by atoms with Crippen LogP contribution in [0.1, 0.15) is 25.8 Å². The smallest absolute Gasteiger partial charge is 0.326 e. The largest absolute Gasteiger partial charge is 0.480 e. The Hall–Kier alpha value is -3.93. The molecule has 0 spiro atoms. The average molecular weight is 475 g/mol. The van der Waals surface area contributed by atoms with E-state index in [4.69, 9.17) is 11.5 Å². The summed E-state index contributed by atoms with van der Waals surface area (Å²) < 4.78 is 0. The SMILES string of the molecule is CC(C)C(N)C(=O)NCC(=O)NC(Cc1c[nH]c2ccccc12)C(=O)NC(CC(N)=O)C(=O)O. The Kier molecular flexibility index (Phi) is 9.13. The van der Waals surface area contributed by atoms with Gasteiger partial charge in [-0.1, -0.05) is 32.0 Å². The molecule has 2 rings (SSSR count). The average Bonchev–Trinajstić information content (AvgIpc) is 3.18. The number of carbonyl (C=O) groups excluding carboxylic acids is 4. The van der Waals surface area contributed by atoms with Gasteiger partial charge in [-0.2, -0.15) is 0 Å². The fraction of sp³-hybridized carbons (Fsp3) is 0.409. The second-order valence-corrected chi connectivity index (χ2v) is 8.24. The lowest BCUT2D eigenvalue weighted by atomic mass is 10.0. The van der Waals surface area contributed by atoms with E-state index in [1.807, 2.05) is 24.3 Å². The molecule has 0 saturated heterocycles. The first kappa shape index (κ1) is 26.3. The van der Waals surface area contributed by atoms with Gasteiger partial charge in [0.2, 0.25) is 23.6 Å². The molecule has 3 atom stereocenters. The molecule has 2 aromatic rings. The highest BCUT2D eigenvalue weighted by atomic mass is 16.4. The monoisotopic (exact) mass is 474 g/mol. The van der Waals surface area contributed by atoms with E-state index >= 15 is 0 Å². The number of benzene rings is 1. The van der Waals surface area contributed by atoms with Gasteiger partial charge in [0.05, 0.1) is 19.0 Å². The van der Waals surface area contributed by atoms with Crippen molar-refractivity contribution in [3.63, 3.8) is 0 Å². The molecule has 12 nitrogen and oxygen atoms in total. The maximum atomic E-state index is 12.9. The molecule has 0 radical (unpaired) electrons. The van der Waals surface area contributed by atoms with Crippen molar-refractivity contribution in [3.05, 3.63) is 36.0 Å². The normalized spacial score (nSPS) is 13.6. The van der Waals surface area contributed by atoms with Crippen molar-refractivity contribution in [2.24, 2.45) is 17.4 Å². The van der Waals surface area contributed by atoms with Crippen LogP contribution in [-0.2, 0) is 30.4 Å². The number of carboxylic acids is 1. The van der Waals surface area contributed by atoms with E-state index in [9.17, 15) is 29.1 Å². The van der Waals surface area contributed by atoms with E-state index in [1.54, 1.807) is 20.0 Å². The van der Waals surface area contributed by atoms with Crippen LogP contribution >= 0.6 is 0 Å². The molecule has 12 heteroatoms. The van der Waals surface area contributed by atoms with Crippen LogP contribution in [0.15, 0.2) is 30.5 Å². The number of aliphatic carboxylic acids is 1. The lowest BCUT2D eigenvalue weighted by molar-refractivity contribution is -0.143. The number of fused-ring (bicyclic) bond motifs is 1. The van der Waals surface area contributed by atoms with Crippen molar-refractivity contribution in [2.75, 3.05) is 6.54 Å². The van der Waals surface area contributed by atoms with Gasteiger partial charge in [0, 0.05) is 23.5 Å². The van der Waals surface area contributed by atoms with E-state index in [2.05, 4.69) is 20.9 Å². The van der Waals surface area contributed by atoms with Crippen LogP contribution in [0.4, 0.5) is 0 Å². The van der Waals surface area contributed by atoms with Gasteiger partial charge in [-0.05, 0) is 17.5 Å². The standard InChI is InChI=1S/C22H30N6O6/c1-11(2)19(24)21(32)26-10-18(30)27-15(20(31)28-16(22(33)34)8-17(23)29)7-12-9-25-14-6-4-3-5-13(12)14/h3-6,9,11,15-16,19,25H,7-8,10,24H2,1-2H3,(H2,23,29)(H,26,32)(H,27,30)(H,28,31)(H,33,34). The van der Waals surface area contributed by atoms with Crippen LogP contribution in [0.3, 0.4) is 0 Å². The van der Waals surface area contributed by atoms with Gasteiger partial charge in [-0.25, -0.2) is 4.79 Å². The molecule has 34 heavy (non-hydrogen) atoms. The number of para-hydroxylation sites is 1. The predicted molar refractivity (Wildman–Crippen MR) is 123 cm³/mol. The van der Waals surface area contributed by atoms with E-state index in [0.29, 0.717) is 5.56 Å². The Morgan fingerprint density at radius 1 is 1.03 bits per heavy atom. The fourth-order valence-electron chi connectivity index (χ4n) is 3.24. The zero-order valence-electron chi connectivity index (χ0n) is 19.0. The zero-order valence-corrected chi connectivity index (χ0v) is 19.0. The number of hydrogen-bond acceptors (Lipinski definition) is 6. The van der Waals surface area contributed by atoms with Crippen LogP contribution in [0, 0.1) is 5.92 Å². The van der Waals surface area contributed by atoms with Gasteiger partial charge in [-0.15, -0.1) is 0 Å². The van der Waals surface area contributed by atoms with Gasteiger partial charge in [0.25, 0.3) is 0 Å². The van der Waals surface area contributed by atoms with Crippen molar-refractivity contribution in [1.29, 1.82) is 0 Å². The summed E-state index contributed by atoms with van der Waals surface area (Å²) in [7, 11) is 0. The van der Waals surface area contributed by atoms with Crippen molar-refractivity contribution in [3.8, 4) is 0 Å². The number of carbonyl (C=O) groups is 5. The minimum atomic E-state index is -1.56. The number of amides is 4. The molecule has 0 bridgehead atoms. The zero-order chi connectivity index (χ0) is 25.4. The highest BCUT2D eigenvalue weighted by Crippen LogP contribution is 2.19. The minimum absolute atomic E-state index is 0.0178. The van der Waals surface area contributed by atoms with Crippen molar-refractivity contribution in [2.45, 2.75) is 44.8 Å². The van der Waals surface area contributed by atoms with Gasteiger partial charge in [-0.3, -0.25) is 19.2 Å². The van der Waals surface area contributed by atoms with Crippen LogP contribution in [0.25, 0.3) is 10.9 Å². The number of primary amides is 1. The maximum absolute atomic E-state index is 12.9. The summed E-state index contributed by atoms with van der Waals surface area (Å²) in [5.74, 6) is -4.51. The van der Waals surface area contributed by atoms with Crippen molar-refractivity contribution >= 4 is 40.5 Å². The number of nitrogens with one attached hydrogen (secondary N) is 4. The van der Waals surface area contributed by atoms with Crippen LogP contribution in [-0.4, -0.2) is 64.4 Å². The third kappa shape index (κ3) is 7.30. The molecule has 0 saturated carbocycles. The molecular weight excluding hydrogens is 444 g/mol. The third-order valence-electron chi connectivity index (χ3n) is 5.21. The first-order chi connectivity index (χ1) is 16.0.